The number of nitrogens with zero attached hydrogens (tertiary/aromatic N) is 4. The van der Waals surface area contributed by atoms with E-state index in [1.54, 1.807) is 17.0 Å². The Morgan fingerprint density at radius 3 is 2.37 bits per heavy atom. The van der Waals surface area contributed by atoms with Gasteiger partial charge in [0.15, 0.2) is 5.17 Å². The number of nitro benzene ring substituents is 1. The van der Waals surface area contributed by atoms with E-state index in [1.807, 2.05) is 0 Å². The molecule has 30 heavy (non-hydrogen) atoms. The van der Waals surface area contributed by atoms with Crippen molar-refractivity contribution in [2.45, 2.75) is 10.6 Å². The first-order valence-corrected chi connectivity index (χ1v) is 11.4. The molecule has 0 aliphatic carbocycles. The minimum atomic E-state index is -3.56. The van der Waals surface area contributed by atoms with Crippen LogP contribution in [0, 0.1) is 10.1 Å². The summed E-state index contributed by atoms with van der Waals surface area (Å²) >= 11 is 1.38. The largest absolute Gasteiger partial charge is 0.286 e. The lowest BCUT2D eigenvalue weighted by Crippen LogP contribution is -2.32. The van der Waals surface area contributed by atoms with Crippen molar-refractivity contribution in [1.82, 2.24) is 9.21 Å². The molecule has 2 aromatic rings. The molecular weight excluding hydrogens is 428 g/mol. The van der Waals surface area contributed by atoms with Gasteiger partial charge in [-0.1, -0.05) is 23.9 Å². The molecule has 0 atom stereocenters. The number of hydrogen-bond acceptors (Lipinski definition) is 7. The van der Waals surface area contributed by atoms with Crippen LogP contribution in [0.25, 0.3) is 0 Å². The first-order valence-electron chi connectivity index (χ1n) is 8.95. The average molecular weight is 449 g/mol. The van der Waals surface area contributed by atoms with Crippen LogP contribution in [0.5, 0.6) is 0 Å². The van der Waals surface area contributed by atoms with E-state index in [0.717, 1.165) is 9.87 Å². The number of aliphatic imine (C=N–C) groups is 1. The monoisotopic (exact) mass is 448 g/mol. The van der Waals surface area contributed by atoms with Gasteiger partial charge in [0.25, 0.3) is 11.6 Å². The molecule has 0 radical (unpaired) electrons. The predicted molar refractivity (Wildman–Crippen MR) is 115 cm³/mol. The van der Waals surface area contributed by atoms with Crippen LogP contribution in [-0.4, -0.2) is 60.8 Å². The fourth-order valence-electron chi connectivity index (χ4n) is 2.74. The van der Waals surface area contributed by atoms with Crippen LogP contribution < -0.4 is 0 Å². The van der Waals surface area contributed by atoms with Crippen LogP contribution in [0.15, 0.2) is 58.4 Å². The molecule has 0 saturated heterocycles. The number of amidine groups is 1. The Kier molecular flexibility index (Phi) is 6.54. The van der Waals surface area contributed by atoms with Gasteiger partial charge in [0, 0.05) is 44.1 Å². The van der Waals surface area contributed by atoms with Crippen LogP contribution >= 0.6 is 11.8 Å². The zero-order valence-electron chi connectivity index (χ0n) is 16.4. The van der Waals surface area contributed by atoms with E-state index in [4.69, 9.17) is 0 Å². The second-order valence-corrected chi connectivity index (χ2v) is 9.74. The fourth-order valence-corrected chi connectivity index (χ4v) is 4.64. The van der Waals surface area contributed by atoms with Gasteiger partial charge >= 0.3 is 0 Å². The molecular formula is C19H20N4O5S2. The molecule has 0 saturated carbocycles. The number of thioether (sulfide) groups is 1. The first kappa shape index (κ1) is 21.9. The van der Waals surface area contributed by atoms with Crippen molar-refractivity contribution < 1.29 is 18.1 Å². The summed E-state index contributed by atoms with van der Waals surface area (Å²) in [6.45, 7) is 0.931. The molecule has 2 aromatic carbocycles. The minimum absolute atomic E-state index is 0.0264. The molecule has 9 nitrogen and oxygen atoms in total. The highest BCUT2D eigenvalue weighted by Crippen LogP contribution is 2.23. The Hall–Kier alpha value is -2.76. The Morgan fingerprint density at radius 1 is 1.17 bits per heavy atom. The number of rotatable bonds is 6. The van der Waals surface area contributed by atoms with Gasteiger partial charge in [-0.25, -0.2) is 12.7 Å². The SMILES string of the molecule is CN(C)S(=O)(=O)c1ccc(C(=O)N2CCN=C2SCc2ccc([N+](=O)[O-])cc2)cc1. The maximum Gasteiger partial charge on any atom is 0.269 e. The lowest BCUT2D eigenvalue weighted by molar-refractivity contribution is -0.384. The van der Waals surface area contributed by atoms with Crippen molar-refractivity contribution in [2.24, 2.45) is 4.99 Å². The summed E-state index contributed by atoms with van der Waals surface area (Å²) < 4.78 is 25.5. The Morgan fingerprint density at radius 2 is 1.80 bits per heavy atom. The van der Waals surface area contributed by atoms with E-state index in [-0.39, 0.29) is 16.5 Å². The topological polar surface area (TPSA) is 113 Å². The van der Waals surface area contributed by atoms with Gasteiger partial charge in [-0.05, 0) is 29.8 Å². The number of carbonyl (C=O) groups is 1. The highest BCUT2D eigenvalue weighted by atomic mass is 32.2. The molecule has 0 bridgehead atoms. The van der Waals surface area contributed by atoms with Crippen molar-refractivity contribution >= 4 is 38.5 Å². The Balaban J connectivity index is 1.67. The number of hydrogen-bond donors (Lipinski definition) is 0. The molecule has 0 unspecified atom stereocenters. The molecule has 11 heteroatoms. The molecule has 1 aliphatic rings. The normalized spacial score (nSPS) is 14.1. The zero-order chi connectivity index (χ0) is 21.9. The number of non-ortho nitro benzene ring substituents is 1. The maximum absolute atomic E-state index is 12.9. The van der Waals surface area contributed by atoms with Crippen molar-refractivity contribution in [2.75, 3.05) is 27.2 Å². The summed E-state index contributed by atoms with van der Waals surface area (Å²) in [6.07, 6.45) is 0. The molecule has 1 amide bonds. The predicted octanol–water partition coefficient (Wildman–Crippen LogP) is 2.59. The molecule has 1 heterocycles. The Labute approximate surface area is 178 Å². The lowest BCUT2D eigenvalue weighted by atomic mass is 10.2. The van der Waals surface area contributed by atoms with Gasteiger partial charge in [0.1, 0.15) is 0 Å². The van der Waals surface area contributed by atoms with Gasteiger partial charge in [-0.3, -0.25) is 24.8 Å². The van der Waals surface area contributed by atoms with Gasteiger partial charge in [0.2, 0.25) is 10.0 Å². The van der Waals surface area contributed by atoms with Gasteiger partial charge in [0.05, 0.1) is 16.4 Å². The summed E-state index contributed by atoms with van der Waals surface area (Å²) in [4.78, 5) is 29.2. The third kappa shape index (κ3) is 4.69. The average Bonchev–Trinajstić information content (AvgIpc) is 3.20. The Bertz CT molecular complexity index is 1080. The van der Waals surface area contributed by atoms with E-state index >= 15 is 0 Å². The zero-order valence-corrected chi connectivity index (χ0v) is 18.0. The summed E-state index contributed by atoms with van der Waals surface area (Å²) in [5.41, 5.74) is 1.28. The highest BCUT2D eigenvalue weighted by molar-refractivity contribution is 8.13. The van der Waals surface area contributed by atoms with Crippen LogP contribution in [0.2, 0.25) is 0 Å². The number of amides is 1. The minimum Gasteiger partial charge on any atom is -0.286 e. The second-order valence-electron chi connectivity index (χ2n) is 6.65. The quantitative estimate of drug-likeness (QED) is 0.496. The molecule has 0 N–H and O–H groups in total. The molecule has 0 fully saturated rings. The first-order chi connectivity index (χ1) is 14.2. The van der Waals surface area contributed by atoms with Gasteiger partial charge in [-0.2, -0.15) is 0 Å². The van der Waals surface area contributed by atoms with Gasteiger partial charge in [-0.15, -0.1) is 0 Å². The number of nitro groups is 1. The van der Waals surface area contributed by atoms with Crippen molar-refractivity contribution in [3.05, 3.63) is 69.8 Å². The molecule has 3 rings (SSSR count). The fraction of sp³-hybridized carbons (Fsp3) is 0.263. The summed E-state index contributed by atoms with van der Waals surface area (Å²) in [5.74, 6) is 0.261. The van der Waals surface area contributed by atoms with Crippen LogP contribution in [-0.2, 0) is 15.8 Å². The van der Waals surface area contributed by atoms with E-state index < -0.39 is 14.9 Å². The van der Waals surface area contributed by atoms with Crippen molar-refractivity contribution in [1.29, 1.82) is 0 Å². The standard InChI is InChI=1S/C19H20N4O5S2/c1-21(2)30(27,28)17-9-5-15(6-10-17)18(24)22-12-11-20-19(22)29-13-14-3-7-16(8-4-14)23(25)26/h3-10H,11-13H2,1-2H3. The van der Waals surface area contributed by atoms with Crippen LogP contribution in [0.4, 0.5) is 5.69 Å². The van der Waals surface area contributed by atoms with Crippen molar-refractivity contribution in [3.8, 4) is 0 Å². The summed E-state index contributed by atoms with van der Waals surface area (Å²) in [5, 5.41) is 11.3. The van der Waals surface area contributed by atoms with Gasteiger partial charge < -0.3 is 0 Å². The highest BCUT2D eigenvalue weighted by Gasteiger charge is 2.26. The second kappa shape index (κ2) is 8.94. The van der Waals surface area contributed by atoms with Crippen molar-refractivity contribution in [3.63, 3.8) is 0 Å². The summed E-state index contributed by atoms with van der Waals surface area (Å²) in [7, 11) is -0.663. The van der Waals surface area contributed by atoms with Crippen LogP contribution in [0.1, 0.15) is 15.9 Å². The molecule has 0 aromatic heterocycles. The van der Waals surface area contributed by atoms with E-state index in [2.05, 4.69) is 4.99 Å². The summed E-state index contributed by atoms with van der Waals surface area (Å²) in [6, 6.07) is 12.1. The number of sulfonamides is 1. The third-order valence-electron chi connectivity index (χ3n) is 4.44. The number of carbonyl (C=O) groups excluding carboxylic acids is 1. The van der Waals surface area contributed by atoms with E-state index in [9.17, 15) is 23.3 Å². The molecule has 0 spiro atoms. The smallest absolute Gasteiger partial charge is 0.269 e. The lowest BCUT2D eigenvalue weighted by Gasteiger charge is -2.18. The van der Waals surface area contributed by atoms with E-state index in [1.165, 1.54) is 62.3 Å². The van der Waals surface area contributed by atoms with E-state index in [0.29, 0.717) is 29.6 Å². The maximum atomic E-state index is 12.9. The van der Waals surface area contributed by atoms with Crippen LogP contribution in [0.3, 0.4) is 0 Å². The third-order valence-corrected chi connectivity index (χ3v) is 7.36. The molecule has 158 valence electrons. The number of benzene rings is 2. The molecule has 1 aliphatic heterocycles.